The number of ether oxygens (including phenoxy) is 2. The number of aliphatic hydroxyl groups excluding tert-OH is 1. The Hall–Kier alpha value is -1.73. The van der Waals surface area contributed by atoms with Crippen LogP contribution in [-0.2, 0) is 9.47 Å². The van der Waals surface area contributed by atoms with Crippen LogP contribution in [0.25, 0.3) is 10.4 Å². The summed E-state index contributed by atoms with van der Waals surface area (Å²) in [6, 6.07) is 8.61. The van der Waals surface area contributed by atoms with E-state index < -0.39 is 24.3 Å². The number of carbonyl (C=O) groups excluding carboxylic acids is 1. The lowest BCUT2D eigenvalue weighted by molar-refractivity contribution is -0.168. The van der Waals surface area contributed by atoms with Crippen molar-refractivity contribution in [2.75, 3.05) is 12.8 Å². The van der Waals surface area contributed by atoms with Gasteiger partial charge in [-0.2, -0.15) is 0 Å². The van der Waals surface area contributed by atoms with Crippen LogP contribution in [0.5, 0.6) is 0 Å². The minimum atomic E-state index is -1.05. The Morgan fingerprint density at radius 2 is 2.17 bits per heavy atom. The number of hydrogen-bond donors (Lipinski definition) is 1. The number of nitrogens with zero attached hydrogens (tertiary/aromatic N) is 3. The first-order valence-corrected chi connectivity index (χ1v) is 8.50. The van der Waals surface area contributed by atoms with E-state index in [2.05, 4.69) is 10.0 Å². The SMILES string of the molecule is CS[C@@H]1OC(CN=[N+]=[N-])[C@H](O)[C@H](OC(=O)c2ccccc2)C1C. The van der Waals surface area contributed by atoms with Crippen LogP contribution in [0.15, 0.2) is 35.4 Å². The Balaban J connectivity index is 2.15. The number of aliphatic hydroxyl groups is 1. The first-order chi connectivity index (χ1) is 11.1. The molecule has 0 saturated carbocycles. The number of carbonyl (C=O) groups is 1. The van der Waals surface area contributed by atoms with Gasteiger partial charge in [-0.25, -0.2) is 4.79 Å². The summed E-state index contributed by atoms with van der Waals surface area (Å²) < 4.78 is 11.3. The molecule has 0 aromatic heterocycles. The average Bonchev–Trinajstić information content (AvgIpc) is 2.58. The maximum atomic E-state index is 12.3. The molecule has 7 nitrogen and oxygen atoms in total. The van der Waals surface area contributed by atoms with Crippen molar-refractivity contribution in [3.63, 3.8) is 0 Å². The van der Waals surface area contributed by atoms with Gasteiger partial charge in [-0.05, 0) is 23.9 Å². The summed E-state index contributed by atoms with van der Waals surface area (Å²) in [5.41, 5.74) is 8.61. The summed E-state index contributed by atoms with van der Waals surface area (Å²) in [5, 5.41) is 13.9. The summed E-state index contributed by atoms with van der Waals surface area (Å²) >= 11 is 1.46. The van der Waals surface area contributed by atoms with E-state index in [1.165, 1.54) is 11.8 Å². The molecule has 5 atom stereocenters. The quantitative estimate of drug-likeness (QED) is 0.385. The van der Waals surface area contributed by atoms with Gasteiger partial charge in [0.1, 0.15) is 17.6 Å². The molecule has 1 heterocycles. The second kappa shape index (κ2) is 8.21. The lowest BCUT2D eigenvalue weighted by Crippen LogP contribution is -2.55. The molecule has 124 valence electrons. The second-order valence-corrected chi connectivity index (χ2v) is 6.21. The van der Waals surface area contributed by atoms with E-state index in [0.717, 1.165) is 0 Å². The Kier molecular flexibility index (Phi) is 6.29. The van der Waals surface area contributed by atoms with Gasteiger partial charge < -0.3 is 14.6 Å². The largest absolute Gasteiger partial charge is 0.455 e. The topological polar surface area (TPSA) is 105 Å². The highest BCUT2D eigenvalue weighted by atomic mass is 32.2. The molecule has 0 spiro atoms. The minimum absolute atomic E-state index is 0.0131. The van der Waals surface area contributed by atoms with Crippen molar-refractivity contribution >= 4 is 17.7 Å². The van der Waals surface area contributed by atoms with Crippen molar-refractivity contribution in [1.29, 1.82) is 0 Å². The molecule has 0 amide bonds. The van der Waals surface area contributed by atoms with Crippen molar-refractivity contribution in [2.24, 2.45) is 11.0 Å². The lowest BCUT2D eigenvalue weighted by Gasteiger charge is -2.42. The third-order valence-electron chi connectivity index (χ3n) is 3.78. The number of esters is 1. The van der Waals surface area contributed by atoms with Crippen LogP contribution in [0.1, 0.15) is 17.3 Å². The first-order valence-electron chi connectivity index (χ1n) is 7.21. The van der Waals surface area contributed by atoms with E-state index in [0.29, 0.717) is 5.56 Å². The summed E-state index contributed by atoms with van der Waals surface area (Å²) in [5.74, 6) is -0.694. The average molecular weight is 337 g/mol. The molecule has 1 aliphatic heterocycles. The number of thioether (sulfide) groups is 1. The van der Waals surface area contributed by atoms with E-state index in [1.807, 2.05) is 19.2 Å². The molecular formula is C15H19N3O4S. The van der Waals surface area contributed by atoms with Gasteiger partial charge in [-0.15, -0.1) is 11.8 Å². The van der Waals surface area contributed by atoms with Gasteiger partial charge in [0.05, 0.1) is 18.2 Å². The Bertz CT molecular complexity index is 579. The van der Waals surface area contributed by atoms with Gasteiger partial charge >= 0.3 is 5.97 Å². The molecule has 2 rings (SSSR count). The fourth-order valence-electron chi connectivity index (χ4n) is 2.54. The predicted molar refractivity (Wildman–Crippen MR) is 87.0 cm³/mol. The summed E-state index contributed by atoms with van der Waals surface area (Å²) in [7, 11) is 0. The van der Waals surface area contributed by atoms with Gasteiger partial charge in [0.2, 0.25) is 0 Å². The smallest absolute Gasteiger partial charge is 0.338 e. The van der Waals surface area contributed by atoms with Crippen molar-refractivity contribution in [3.8, 4) is 0 Å². The van der Waals surface area contributed by atoms with Crippen LogP contribution >= 0.6 is 11.8 Å². The Morgan fingerprint density at radius 3 is 2.78 bits per heavy atom. The summed E-state index contributed by atoms with van der Waals surface area (Å²) in [4.78, 5) is 14.9. The second-order valence-electron chi connectivity index (χ2n) is 5.28. The van der Waals surface area contributed by atoms with Gasteiger partial charge in [0.15, 0.2) is 0 Å². The number of benzene rings is 1. The van der Waals surface area contributed by atoms with Crippen molar-refractivity contribution in [1.82, 2.24) is 0 Å². The first kappa shape index (κ1) is 17.6. The molecule has 8 heteroatoms. The van der Waals surface area contributed by atoms with Crippen LogP contribution in [0.4, 0.5) is 0 Å². The third kappa shape index (κ3) is 4.17. The molecule has 1 N–H and O–H groups in total. The van der Waals surface area contributed by atoms with Crippen LogP contribution in [0.3, 0.4) is 0 Å². The molecule has 1 aromatic carbocycles. The number of rotatable bonds is 5. The van der Waals surface area contributed by atoms with E-state index in [9.17, 15) is 9.90 Å². The van der Waals surface area contributed by atoms with E-state index in [1.54, 1.807) is 24.3 Å². The number of hydrogen-bond acceptors (Lipinski definition) is 6. The zero-order valence-electron chi connectivity index (χ0n) is 12.9. The van der Waals surface area contributed by atoms with Crippen molar-refractivity contribution in [2.45, 2.75) is 30.7 Å². The van der Waals surface area contributed by atoms with Gasteiger partial charge in [0.25, 0.3) is 0 Å². The van der Waals surface area contributed by atoms with Gasteiger partial charge in [-0.1, -0.05) is 30.2 Å². The molecule has 0 radical (unpaired) electrons. The predicted octanol–water partition coefficient (Wildman–Crippen LogP) is 2.61. The monoisotopic (exact) mass is 337 g/mol. The Labute approximate surface area is 138 Å². The van der Waals surface area contributed by atoms with Crippen molar-refractivity contribution < 1.29 is 19.4 Å². The van der Waals surface area contributed by atoms with E-state index >= 15 is 0 Å². The highest BCUT2D eigenvalue weighted by Gasteiger charge is 2.44. The lowest BCUT2D eigenvalue weighted by atomic mass is 9.93. The van der Waals surface area contributed by atoms with Gasteiger partial charge in [-0.3, -0.25) is 0 Å². The molecule has 0 bridgehead atoms. The van der Waals surface area contributed by atoms with Crippen molar-refractivity contribution in [3.05, 3.63) is 46.3 Å². The molecule has 1 aromatic rings. The Morgan fingerprint density at radius 1 is 1.48 bits per heavy atom. The molecule has 1 saturated heterocycles. The molecular weight excluding hydrogens is 318 g/mol. The zero-order chi connectivity index (χ0) is 16.8. The fraction of sp³-hybridized carbons (Fsp3) is 0.533. The van der Waals surface area contributed by atoms with Gasteiger partial charge in [0, 0.05) is 10.8 Å². The van der Waals surface area contributed by atoms with Crippen LogP contribution in [0.2, 0.25) is 0 Å². The van der Waals surface area contributed by atoms with Crippen LogP contribution in [0, 0.1) is 5.92 Å². The molecule has 1 aliphatic rings. The van der Waals surface area contributed by atoms with Crippen LogP contribution < -0.4 is 0 Å². The summed E-state index contributed by atoms with van der Waals surface area (Å²) in [6.45, 7) is 1.85. The van der Waals surface area contributed by atoms with E-state index in [4.69, 9.17) is 15.0 Å². The highest BCUT2D eigenvalue weighted by molar-refractivity contribution is 7.99. The summed E-state index contributed by atoms with van der Waals surface area (Å²) in [6.07, 6.45) is -0.605. The fourth-order valence-corrected chi connectivity index (χ4v) is 3.37. The maximum absolute atomic E-state index is 12.3. The van der Waals surface area contributed by atoms with Crippen LogP contribution in [-0.4, -0.2) is 47.6 Å². The maximum Gasteiger partial charge on any atom is 0.338 e. The molecule has 1 fully saturated rings. The highest BCUT2D eigenvalue weighted by Crippen LogP contribution is 2.33. The minimum Gasteiger partial charge on any atom is -0.455 e. The molecule has 23 heavy (non-hydrogen) atoms. The van der Waals surface area contributed by atoms with E-state index in [-0.39, 0.29) is 17.9 Å². The molecule has 0 aliphatic carbocycles. The standard InChI is InChI=1S/C15H19N3O4S/c1-9-13(22-14(20)10-6-4-3-5-7-10)12(19)11(8-17-18-16)21-15(9)23-2/h3-7,9,11-13,15,19H,8H2,1-2H3/t9?,11?,12-,13+,15-/m0/s1. The molecule has 2 unspecified atom stereocenters. The normalized spacial score (nSPS) is 30.3. The number of azide groups is 1. The zero-order valence-corrected chi connectivity index (χ0v) is 13.7. The third-order valence-corrected chi connectivity index (χ3v) is 4.79.